The van der Waals surface area contributed by atoms with Gasteiger partial charge in [0.1, 0.15) is 5.82 Å². The zero-order valence-electron chi connectivity index (χ0n) is 15.6. The van der Waals surface area contributed by atoms with Gasteiger partial charge in [-0.15, -0.1) is 0 Å². The third-order valence-electron chi connectivity index (χ3n) is 4.51. The maximum Gasteiger partial charge on any atom is 0.258 e. The fourth-order valence-corrected chi connectivity index (χ4v) is 2.95. The van der Waals surface area contributed by atoms with Crippen LogP contribution < -0.4 is 20.3 Å². The Morgan fingerprint density at radius 3 is 2.83 bits per heavy atom. The number of para-hydroxylation sites is 1. The molecule has 2 aromatic carbocycles. The first kappa shape index (κ1) is 18.5. The Morgan fingerprint density at radius 2 is 1.97 bits per heavy atom. The van der Waals surface area contributed by atoms with E-state index in [-0.39, 0.29) is 31.3 Å². The summed E-state index contributed by atoms with van der Waals surface area (Å²) >= 11 is 0. The second kappa shape index (κ2) is 7.63. The van der Waals surface area contributed by atoms with Crippen LogP contribution in [0.3, 0.4) is 0 Å². The minimum Gasteiger partial charge on any atom is -0.454 e. The number of fused-ring (bicyclic) bond motifs is 2. The monoisotopic (exact) mass is 394 g/mol. The van der Waals surface area contributed by atoms with Crippen LogP contribution in [-0.2, 0) is 11.3 Å². The number of benzene rings is 2. The predicted molar refractivity (Wildman–Crippen MR) is 104 cm³/mol. The number of nitrogens with zero attached hydrogens (tertiary/aromatic N) is 2. The fourth-order valence-electron chi connectivity index (χ4n) is 2.95. The van der Waals surface area contributed by atoms with Crippen molar-refractivity contribution in [3.05, 3.63) is 64.2 Å². The van der Waals surface area contributed by atoms with Crippen molar-refractivity contribution in [2.45, 2.75) is 6.54 Å². The molecule has 1 aromatic heterocycles. The second-order valence-corrected chi connectivity index (χ2v) is 6.53. The fraction of sp³-hybridized carbons (Fsp3) is 0.200. The maximum absolute atomic E-state index is 12.4. The Bertz CT molecular complexity index is 1160. The van der Waals surface area contributed by atoms with Gasteiger partial charge in [0, 0.05) is 12.6 Å². The first-order valence-corrected chi connectivity index (χ1v) is 8.91. The molecule has 0 bridgehead atoms. The Labute approximate surface area is 165 Å². The van der Waals surface area contributed by atoms with Crippen molar-refractivity contribution in [1.29, 1.82) is 0 Å². The number of ether oxygens (including phenoxy) is 2. The van der Waals surface area contributed by atoms with Crippen molar-refractivity contribution in [2.75, 3.05) is 20.4 Å². The minimum atomic E-state index is -0.401. The second-order valence-electron chi connectivity index (χ2n) is 6.53. The van der Waals surface area contributed by atoms with Gasteiger partial charge in [-0.25, -0.2) is 4.98 Å². The molecule has 2 amide bonds. The molecule has 0 aliphatic carbocycles. The molecule has 0 spiro atoms. The summed E-state index contributed by atoms with van der Waals surface area (Å²) in [6, 6.07) is 11.8. The Hall–Kier alpha value is -3.88. The lowest BCUT2D eigenvalue weighted by Crippen LogP contribution is -2.38. The molecular formula is C20H18N4O5. The molecule has 2 heterocycles. The summed E-state index contributed by atoms with van der Waals surface area (Å²) in [6.07, 6.45) is 0. The Morgan fingerprint density at radius 1 is 1.17 bits per heavy atom. The van der Waals surface area contributed by atoms with Crippen molar-refractivity contribution >= 4 is 22.7 Å². The number of H-pyrrole nitrogens is 1. The number of carbonyl (C=O) groups is 2. The largest absolute Gasteiger partial charge is 0.454 e. The van der Waals surface area contributed by atoms with E-state index in [2.05, 4.69) is 15.3 Å². The van der Waals surface area contributed by atoms with Gasteiger partial charge in [-0.1, -0.05) is 12.1 Å². The first-order valence-electron chi connectivity index (χ1n) is 8.91. The summed E-state index contributed by atoms with van der Waals surface area (Å²) in [7, 11) is 1.57. The minimum absolute atomic E-state index is 0.110. The van der Waals surface area contributed by atoms with E-state index in [4.69, 9.17) is 9.47 Å². The van der Waals surface area contributed by atoms with Gasteiger partial charge in [0.05, 0.1) is 24.0 Å². The highest BCUT2D eigenvalue weighted by molar-refractivity contribution is 5.97. The number of aromatic amines is 1. The number of hydrogen-bond donors (Lipinski definition) is 2. The number of nitrogens with one attached hydrogen (secondary N) is 2. The predicted octanol–water partition coefficient (Wildman–Crippen LogP) is 1.04. The number of hydrogen-bond acceptors (Lipinski definition) is 6. The zero-order valence-corrected chi connectivity index (χ0v) is 15.6. The standard InChI is InChI=1S/C20H18N4O5/c1-24(10-17-22-14-5-3-2-4-13(14)20(27)23-17)18(25)9-21-19(26)12-6-7-15-16(8-12)29-11-28-15/h2-8H,9-11H2,1H3,(H,21,26)(H,22,23,27). The molecule has 4 rings (SSSR count). The van der Waals surface area contributed by atoms with Crippen LogP contribution in [-0.4, -0.2) is 47.1 Å². The lowest BCUT2D eigenvalue weighted by Gasteiger charge is -2.17. The highest BCUT2D eigenvalue weighted by atomic mass is 16.7. The molecule has 0 fully saturated rings. The van der Waals surface area contributed by atoms with Gasteiger partial charge in [-0.05, 0) is 30.3 Å². The Balaban J connectivity index is 1.37. The maximum atomic E-state index is 12.4. The topological polar surface area (TPSA) is 114 Å². The van der Waals surface area contributed by atoms with Gasteiger partial charge in [0.2, 0.25) is 12.7 Å². The SMILES string of the molecule is CN(Cc1nc2ccccc2c(=O)[nH]1)C(=O)CNC(=O)c1ccc2c(c1)OCO2. The summed E-state index contributed by atoms with van der Waals surface area (Å²) in [5.41, 5.74) is 0.663. The lowest BCUT2D eigenvalue weighted by atomic mass is 10.2. The van der Waals surface area contributed by atoms with Crippen molar-refractivity contribution in [2.24, 2.45) is 0 Å². The summed E-state index contributed by atoms with van der Waals surface area (Å²) in [6.45, 7) is 0.0367. The van der Waals surface area contributed by atoms with E-state index < -0.39 is 5.91 Å². The van der Waals surface area contributed by atoms with Gasteiger partial charge >= 0.3 is 0 Å². The third-order valence-corrected chi connectivity index (χ3v) is 4.51. The molecule has 0 saturated heterocycles. The molecule has 0 saturated carbocycles. The van der Waals surface area contributed by atoms with Crippen LogP contribution in [0.1, 0.15) is 16.2 Å². The molecule has 9 heteroatoms. The van der Waals surface area contributed by atoms with E-state index in [0.717, 1.165) is 0 Å². The molecular weight excluding hydrogens is 376 g/mol. The molecule has 9 nitrogen and oxygen atoms in total. The van der Waals surface area contributed by atoms with E-state index in [9.17, 15) is 14.4 Å². The number of amides is 2. The lowest BCUT2D eigenvalue weighted by molar-refractivity contribution is -0.129. The number of aromatic nitrogens is 2. The first-order chi connectivity index (χ1) is 14.0. The van der Waals surface area contributed by atoms with Gasteiger partial charge in [0.15, 0.2) is 11.5 Å². The number of rotatable bonds is 5. The molecule has 0 atom stereocenters. The van der Waals surface area contributed by atoms with Crippen molar-refractivity contribution in [3.8, 4) is 11.5 Å². The van der Waals surface area contributed by atoms with Crippen LogP contribution in [0.5, 0.6) is 11.5 Å². The van der Waals surface area contributed by atoms with Crippen LogP contribution in [0.2, 0.25) is 0 Å². The van der Waals surface area contributed by atoms with Crippen LogP contribution in [0, 0.1) is 0 Å². The highest BCUT2D eigenvalue weighted by Crippen LogP contribution is 2.32. The van der Waals surface area contributed by atoms with Gasteiger partial charge in [-0.2, -0.15) is 0 Å². The van der Waals surface area contributed by atoms with Crippen LogP contribution in [0.15, 0.2) is 47.3 Å². The van der Waals surface area contributed by atoms with Gasteiger partial charge in [-0.3, -0.25) is 14.4 Å². The van der Waals surface area contributed by atoms with Crippen molar-refractivity contribution in [3.63, 3.8) is 0 Å². The molecule has 29 heavy (non-hydrogen) atoms. The zero-order chi connectivity index (χ0) is 20.4. The average Bonchev–Trinajstić information content (AvgIpc) is 3.19. The molecule has 1 aliphatic heterocycles. The molecule has 0 radical (unpaired) electrons. The van der Waals surface area contributed by atoms with Crippen LogP contribution >= 0.6 is 0 Å². The third kappa shape index (κ3) is 3.88. The number of carbonyl (C=O) groups excluding carboxylic acids is 2. The smallest absolute Gasteiger partial charge is 0.258 e. The Kier molecular flexibility index (Phi) is 4.86. The van der Waals surface area contributed by atoms with Crippen molar-refractivity contribution in [1.82, 2.24) is 20.2 Å². The average molecular weight is 394 g/mol. The quantitative estimate of drug-likeness (QED) is 0.669. The summed E-state index contributed by atoms with van der Waals surface area (Å²) in [5.74, 6) is 0.713. The normalized spacial score (nSPS) is 12.0. The summed E-state index contributed by atoms with van der Waals surface area (Å²) < 4.78 is 10.5. The molecule has 3 aromatic rings. The summed E-state index contributed by atoms with van der Waals surface area (Å²) in [4.78, 5) is 45.2. The van der Waals surface area contributed by atoms with Crippen molar-refractivity contribution < 1.29 is 19.1 Å². The summed E-state index contributed by atoms with van der Waals surface area (Å²) in [5, 5.41) is 3.07. The van der Waals surface area contributed by atoms with Crippen LogP contribution in [0.4, 0.5) is 0 Å². The van der Waals surface area contributed by atoms with Crippen LogP contribution in [0.25, 0.3) is 10.9 Å². The number of likely N-dealkylation sites (N-methyl/N-ethyl adjacent to an activating group) is 1. The van der Waals surface area contributed by atoms with E-state index in [1.54, 1.807) is 49.5 Å². The van der Waals surface area contributed by atoms with E-state index >= 15 is 0 Å². The van der Waals surface area contributed by atoms with E-state index in [0.29, 0.717) is 33.8 Å². The van der Waals surface area contributed by atoms with E-state index in [1.165, 1.54) is 4.90 Å². The molecule has 1 aliphatic rings. The van der Waals surface area contributed by atoms with Gasteiger partial charge in [0.25, 0.3) is 11.5 Å². The molecule has 0 unspecified atom stereocenters. The molecule has 148 valence electrons. The highest BCUT2D eigenvalue weighted by Gasteiger charge is 2.18. The molecule has 2 N–H and O–H groups in total. The van der Waals surface area contributed by atoms with E-state index in [1.807, 2.05) is 0 Å². The van der Waals surface area contributed by atoms with Gasteiger partial charge < -0.3 is 24.7 Å².